The Kier molecular flexibility index (Phi) is 2.67. The van der Waals surface area contributed by atoms with Crippen LogP contribution in [0, 0.1) is 0 Å². The van der Waals surface area contributed by atoms with Gasteiger partial charge >= 0.3 is 0 Å². The van der Waals surface area contributed by atoms with Crippen LogP contribution in [0.15, 0.2) is 24.8 Å². The highest BCUT2D eigenvalue weighted by Crippen LogP contribution is 2.41. The van der Waals surface area contributed by atoms with Crippen molar-refractivity contribution in [3.05, 3.63) is 41.5 Å². The van der Waals surface area contributed by atoms with E-state index >= 15 is 0 Å². The van der Waals surface area contributed by atoms with Crippen molar-refractivity contribution in [3.8, 4) is 11.5 Å². The molecule has 0 atom stereocenters. The molecule has 1 aromatic rings. The zero-order valence-corrected chi connectivity index (χ0v) is 9.43. The maximum absolute atomic E-state index is 11.7. The molecule has 0 spiro atoms. The fourth-order valence-electron chi connectivity index (χ4n) is 1.94. The predicted molar refractivity (Wildman–Crippen MR) is 65.9 cm³/mol. The molecule has 1 aromatic carbocycles. The normalized spacial score (nSPS) is 13.6. The lowest BCUT2D eigenvalue weighted by Gasteiger charge is -2.17. The number of carbonyl (C=O) groups is 2. The number of phenolic OH excluding ortho intramolecular Hbond substituents is 2. The van der Waals surface area contributed by atoms with Gasteiger partial charge in [0.2, 0.25) is 0 Å². The Morgan fingerprint density at radius 2 is 1.61 bits per heavy atom. The van der Waals surface area contributed by atoms with Crippen molar-refractivity contribution < 1.29 is 19.8 Å². The molecule has 0 bridgehead atoms. The van der Waals surface area contributed by atoms with E-state index in [4.69, 9.17) is 5.73 Å². The number of anilines is 1. The topological polar surface area (TPSA) is 101 Å². The zero-order chi connectivity index (χ0) is 13.4. The summed E-state index contributed by atoms with van der Waals surface area (Å²) in [5.41, 5.74) is 5.29. The molecule has 92 valence electrons. The molecule has 0 aliphatic heterocycles. The van der Waals surface area contributed by atoms with Gasteiger partial charge < -0.3 is 15.9 Å². The third-order valence-corrected chi connectivity index (χ3v) is 2.82. The number of hydrogen-bond acceptors (Lipinski definition) is 5. The summed E-state index contributed by atoms with van der Waals surface area (Å²) in [6.45, 7) is 3.50. The summed E-state index contributed by atoms with van der Waals surface area (Å²) in [5.74, 6) is -1.94. The minimum atomic E-state index is -0.561. The van der Waals surface area contributed by atoms with Gasteiger partial charge in [-0.25, -0.2) is 0 Å². The van der Waals surface area contributed by atoms with Crippen LogP contribution in [-0.2, 0) is 6.42 Å². The van der Waals surface area contributed by atoms with Crippen LogP contribution in [0.3, 0.4) is 0 Å². The summed E-state index contributed by atoms with van der Waals surface area (Å²) in [7, 11) is 0. The lowest BCUT2D eigenvalue weighted by Crippen LogP contribution is -2.14. The fraction of sp³-hybridized carbons (Fsp3) is 0.0769. The molecule has 2 rings (SSSR count). The second kappa shape index (κ2) is 4.03. The first-order chi connectivity index (χ1) is 8.49. The van der Waals surface area contributed by atoms with E-state index in [0.717, 1.165) is 12.2 Å². The number of nitrogens with two attached hydrogens (primary N) is 1. The Labute approximate surface area is 103 Å². The number of rotatable bonds is 2. The standard InChI is InChI=1S/C13H11NO4/c1-2-3-6-11(14)13(18)10-8(16)5-4-7(15)9(10)12(6)17/h2,4-5,17-18H,1,3,14H2. The molecule has 0 heterocycles. The maximum Gasteiger partial charge on any atom is 0.190 e. The first-order valence-corrected chi connectivity index (χ1v) is 5.22. The minimum absolute atomic E-state index is 0.109. The van der Waals surface area contributed by atoms with Gasteiger partial charge in [-0.05, 0) is 18.6 Å². The van der Waals surface area contributed by atoms with Gasteiger partial charge in [0, 0.05) is 5.56 Å². The van der Waals surface area contributed by atoms with E-state index in [-0.39, 0.29) is 34.5 Å². The van der Waals surface area contributed by atoms with Crippen molar-refractivity contribution in [1.29, 1.82) is 0 Å². The van der Waals surface area contributed by atoms with Gasteiger partial charge in [0.25, 0.3) is 0 Å². The number of fused-ring (bicyclic) bond motifs is 1. The Balaban J connectivity index is 2.86. The molecule has 0 aromatic heterocycles. The Bertz CT molecular complexity index is 614. The summed E-state index contributed by atoms with van der Waals surface area (Å²) in [6, 6.07) is 0. The van der Waals surface area contributed by atoms with Crippen molar-refractivity contribution in [2.24, 2.45) is 0 Å². The highest BCUT2D eigenvalue weighted by molar-refractivity contribution is 6.25. The molecular weight excluding hydrogens is 234 g/mol. The summed E-state index contributed by atoms with van der Waals surface area (Å²) in [6.07, 6.45) is 3.75. The smallest absolute Gasteiger partial charge is 0.190 e. The zero-order valence-electron chi connectivity index (χ0n) is 9.43. The first-order valence-electron chi connectivity index (χ1n) is 5.22. The molecule has 5 nitrogen and oxygen atoms in total. The van der Waals surface area contributed by atoms with E-state index in [0.29, 0.717) is 0 Å². The van der Waals surface area contributed by atoms with Gasteiger partial charge in [-0.15, -0.1) is 6.58 Å². The van der Waals surface area contributed by atoms with Gasteiger partial charge in [-0.3, -0.25) is 9.59 Å². The lowest BCUT2D eigenvalue weighted by molar-refractivity contribution is 0.0989. The monoisotopic (exact) mass is 245 g/mol. The van der Waals surface area contributed by atoms with E-state index in [2.05, 4.69) is 6.58 Å². The van der Waals surface area contributed by atoms with E-state index < -0.39 is 17.3 Å². The third-order valence-electron chi connectivity index (χ3n) is 2.82. The highest BCUT2D eigenvalue weighted by atomic mass is 16.3. The van der Waals surface area contributed by atoms with E-state index in [9.17, 15) is 19.8 Å². The number of carbonyl (C=O) groups excluding carboxylic acids is 2. The maximum atomic E-state index is 11.7. The van der Waals surface area contributed by atoms with Gasteiger partial charge in [-0.2, -0.15) is 0 Å². The molecule has 5 heteroatoms. The predicted octanol–water partition coefficient (Wildman–Crippen LogP) is 1.34. The summed E-state index contributed by atoms with van der Waals surface area (Å²) in [4.78, 5) is 23.3. The van der Waals surface area contributed by atoms with Crippen LogP contribution in [0.1, 0.15) is 26.3 Å². The molecule has 0 amide bonds. The summed E-state index contributed by atoms with van der Waals surface area (Å²) >= 11 is 0. The third kappa shape index (κ3) is 1.48. The fourth-order valence-corrected chi connectivity index (χ4v) is 1.94. The first kappa shape index (κ1) is 11.9. The Hall–Kier alpha value is -2.56. The molecule has 1 aliphatic rings. The number of ketones is 2. The van der Waals surface area contributed by atoms with Crippen molar-refractivity contribution in [2.75, 3.05) is 5.73 Å². The average molecular weight is 245 g/mol. The quantitative estimate of drug-likeness (QED) is 0.316. The number of hydrogen-bond donors (Lipinski definition) is 3. The van der Waals surface area contributed by atoms with Crippen LogP contribution in [0.5, 0.6) is 11.5 Å². The average Bonchev–Trinajstić information content (AvgIpc) is 2.34. The summed E-state index contributed by atoms with van der Waals surface area (Å²) in [5, 5.41) is 19.9. The molecule has 0 unspecified atom stereocenters. The van der Waals surface area contributed by atoms with Crippen LogP contribution in [-0.4, -0.2) is 21.8 Å². The van der Waals surface area contributed by atoms with Gasteiger partial charge in [0.1, 0.15) is 5.75 Å². The number of aromatic hydroxyl groups is 2. The van der Waals surface area contributed by atoms with Crippen LogP contribution in [0.25, 0.3) is 0 Å². The van der Waals surface area contributed by atoms with Crippen LogP contribution in [0.4, 0.5) is 5.69 Å². The molecule has 18 heavy (non-hydrogen) atoms. The second-order valence-corrected chi connectivity index (χ2v) is 3.89. The van der Waals surface area contributed by atoms with E-state index in [1.54, 1.807) is 0 Å². The van der Waals surface area contributed by atoms with E-state index in [1.807, 2.05) is 0 Å². The van der Waals surface area contributed by atoms with Crippen molar-refractivity contribution in [1.82, 2.24) is 0 Å². The van der Waals surface area contributed by atoms with Crippen LogP contribution < -0.4 is 5.73 Å². The molecule has 0 radical (unpaired) electrons. The molecule has 0 saturated heterocycles. The van der Waals surface area contributed by atoms with Gasteiger partial charge in [0.05, 0.1) is 16.8 Å². The number of allylic oxidation sites excluding steroid dienone is 3. The summed E-state index contributed by atoms with van der Waals surface area (Å²) < 4.78 is 0. The Morgan fingerprint density at radius 1 is 1.11 bits per heavy atom. The van der Waals surface area contributed by atoms with Gasteiger partial charge in [-0.1, -0.05) is 6.08 Å². The number of phenols is 2. The van der Waals surface area contributed by atoms with Crippen molar-refractivity contribution in [3.63, 3.8) is 0 Å². The van der Waals surface area contributed by atoms with Crippen LogP contribution >= 0.6 is 0 Å². The van der Waals surface area contributed by atoms with E-state index in [1.165, 1.54) is 6.08 Å². The molecule has 0 saturated carbocycles. The highest BCUT2D eigenvalue weighted by Gasteiger charge is 2.30. The lowest BCUT2D eigenvalue weighted by atomic mass is 9.89. The SMILES string of the molecule is C=CCc1c(N)c(O)c2c(c1O)C(=O)C=CC2=O. The molecule has 4 N–H and O–H groups in total. The van der Waals surface area contributed by atoms with Crippen molar-refractivity contribution >= 4 is 17.3 Å². The molecular formula is C13H11NO4. The van der Waals surface area contributed by atoms with Crippen LogP contribution in [0.2, 0.25) is 0 Å². The molecule has 0 fully saturated rings. The van der Waals surface area contributed by atoms with Gasteiger partial charge in [0.15, 0.2) is 17.3 Å². The largest absolute Gasteiger partial charge is 0.507 e. The Morgan fingerprint density at radius 3 is 2.11 bits per heavy atom. The number of nitrogen functional groups attached to an aromatic ring is 1. The molecule has 1 aliphatic carbocycles. The number of benzene rings is 1. The second-order valence-electron chi connectivity index (χ2n) is 3.89. The van der Waals surface area contributed by atoms with Crippen molar-refractivity contribution in [2.45, 2.75) is 6.42 Å². The minimum Gasteiger partial charge on any atom is -0.507 e.